The van der Waals surface area contributed by atoms with Crippen molar-refractivity contribution >= 4 is 28.7 Å². The number of aryl methyl sites for hydroxylation is 2. The third-order valence-electron chi connectivity index (χ3n) is 4.44. The molecule has 0 radical (unpaired) electrons. The molecule has 6 heteroatoms. The fraction of sp³-hybridized carbons (Fsp3) is 0.368. The molecule has 1 N–H and O–H groups in total. The van der Waals surface area contributed by atoms with E-state index in [0.717, 1.165) is 58.0 Å². The number of nitrogens with zero attached hydrogens (tertiary/aromatic N) is 2. The van der Waals surface area contributed by atoms with Gasteiger partial charge in [0.15, 0.2) is 11.5 Å². The molecule has 2 aromatic heterocycles. The van der Waals surface area contributed by atoms with E-state index in [1.165, 1.54) is 0 Å². The van der Waals surface area contributed by atoms with Gasteiger partial charge >= 0.3 is 0 Å². The van der Waals surface area contributed by atoms with Crippen molar-refractivity contribution in [3.05, 3.63) is 46.2 Å². The number of oxazole rings is 1. The molecule has 0 amide bonds. The van der Waals surface area contributed by atoms with E-state index in [2.05, 4.69) is 17.7 Å². The predicted octanol–water partition coefficient (Wildman–Crippen LogP) is 4.46. The second kappa shape index (κ2) is 6.26. The van der Waals surface area contributed by atoms with Crippen molar-refractivity contribution < 1.29 is 4.42 Å². The predicted molar refractivity (Wildman–Crippen MR) is 103 cm³/mol. The Balaban J connectivity index is 1.91. The van der Waals surface area contributed by atoms with Gasteiger partial charge < -0.3 is 13.7 Å². The summed E-state index contributed by atoms with van der Waals surface area (Å²) in [6.45, 7) is 3.95. The first-order valence-corrected chi connectivity index (χ1v) is 9.55. The fourth-order valence-electron chi connectivity index (χ4n) is 3.01. The lowest BCUT2D eigenvalue weighted by atomic mass is 10.0. The molecule has 0 aliphatic heterocycles. The molecule has 5 nitrogen and oxygen atoms in total. The molecule has 3 aromatic rings. The van der Waals surface area contributed by atoms with Crippen molar-refractivity contribution in [1.82, 2.24) is 9.55 Å². The summed E-state index contributed by atoms with van der Waals surface area (Å²) < 4.78 is 11.1. The number of anilines is 1. The molecule has 25 heavy (non-hydrogen) atoms. The van der Waals surface area contributed by atoms with Crippen molar-refractivity contribution in [2.45, 2.75) is 32.6 Å². The van der Waals surface area contributed by atoms with Crippen molar-refractivity contribution in [2.24, 2.45) is 7.05 Å². The highest BCUT2D eigenvalue weighted by Gasteiger charge is 2.29. The molecule has 1 aliphatic carbocycles. The number of hydrogen-bond donors (Lipinski definition) is 1. The fourth-order valence-corrected chi connectivity index (χ4v) is 3.44. The molecule has 0 saturated heterocycles. The van der Waals surface area contributed by atoms with Crippen LogP contribution in [0.25, 0.3) is 22.2 Å². The van der Waals surface area contributed by atoms with Gasteiger partial charge in [0.1, 0.15) is 5.52 Å². The Labute approximate surface area is 150 Å². The van der Waals surface area contributed by atoms with Crippen molar-refractivity contribution in [3.8, 4) is 11.1 Å². The molecule has 2 heterocycles. The summed E-state index contributed by atoms with van der Waals surface area (Å²) in [5, 5.41) is 0. The molecule has 1 fully saturated rings. The highest BCUT2D eigenvalue weighted by atomic mass is 32.2. The minimum Gasteiger partial charge on any atom is -0.440 e. The maximum atomic E-state index is 12.0. The molecular formula is C19H21N3O2S. The maximum Gasteiger partial charge on any atom is 0.253 e. The summed E-state index contributed by atoms with van der Waals surface area (Å²) in [5.74, 6) is 2.26. The van der Waals surface area contributed by atoms with E-state index in [-0.39, 0.29) is 5.56 Å². The van der Waals surface area contributed by atoms with Gasteiger partial charge in [-0.1, -0.05) is 18.9 Å². The molecule has 0 bridgehead atoms. The van der Waals surface area contributed by atoms with Gasteiger partial charge in [-0.15, -0.1) is 0 Å². The lowest BCUT2D eigenvalue weighted by Gasteiger charge is -2.10. The average Bonchev–Trinajstić information content (AvgIpc) is 3.36. The van der Waals surface area contributed by atoms with Gasteiger partial charge in [0.05, 0.1) is 0 Å². The maximum absolute atomic E-state index is 12.0. The molecule has 1 aliphatic rings. The van der Waals surface area contributed by atoms with Crippen LogP contribution < -0.4 is 10.3 Å². The van der Waals surface area contributed by atoms with Gasteiger partial charge in [-0.2, -0.15) is 0 Å². The molecular weight excluding hydrogens is 334 g/mol. The Hall–Kier alpha value is -2.21. The topological polar surface area (TPSA) is 60.1 Å². The number of benzene rings is 1. The number of aromatic nitrogens is 2. The first kappa shape index (κ1) is 16.3. The first-order valence-electron chi connectivity index (χ1n) is 8.56. The second-order valence-electron chi connectivity index (χ2n) is 6.56. The number of fused-ring (bicyclic) bond motifs is 1. The van der Waals surface area contributed by atoms with Crippen LogP contribution in [0.4, 0.5) is 5.69 Å². The van der Waals surface area contributed by atoms with Gasteiger partial charge in [-0.3, -0.25) is 4.79 Å². The van der Waals surface area contributed by atoms with E-state index in [0.29, 0.717) is 5.92 Å². The zero-order valence-electron chi connectivity index (χ0n) is 14.6. The summed E-state index contributed by atoms with van der Waals surface area (Å²) >= 11 is 1.64. The molecule has 4 rings (SSSR count). The summed E-state index contributed by atoms with van der Waals surface area (Å²) in [6, 6.07) is 6.03. The molecule has 0 atom stereocenters. The Morgan fingerprint density at radius 3 is 2.84 bits per heavy atom. The highest BCUT2D eigenvalue weighted by Crippen LogP contribution is 2.42. The van der Waals surface area contributed by atoms with Crippen molar-refractivity contribution in [1.29, 1.82) is 0 Å². The Kier molecular flexibility index (Phi) is 4.07. The van der Waals surface area contributed by atoms with Gasteiger partial charge in [-0.25, -0.2) is 4.98 Å². The molecule has 1 saturated carbocycles. The van der Waals surface area contributed by atoms with E-state index in [4.69, 9.17) is 9.40 Å². The Morgan fingerprint density at radius 1 is 1.36 bits per heavy atom. The van der Waals surface area contributed by atoms with E-state index in [9.17, 15) is 4.79 Å². The van der Waals surface area contributed by atoms with Crippen LogP contribution in [0.1, 0.15) is 37.1 Å². The third kappa shape index (κ3) is 3.06. The SMILES string of the molecule is CCSNc1cc(-c2cc(C)c(=O)n(C)c2)c2oc(C3CC3)nc2c1. The number of nitrogens with one attached hydrogen (secondary N) is 1. The Morgan fingerprint density at radius 2 is 2.16 bits per heavy atom. The van der Waals surface area contributed by atoms with E-state index in [1.807, 2.05) is 25.3 Å². The summed E-state index contributed by atoms with van der Waals surface area (Å²) in [4.78, 5) is 16.7. The second-order valence-corrected chi connectivity index (χ2v) is 7.63. The largest absolute Gasteiger partial charge is 0.440 e. The summed E-state index contributed by atoms with van der Waals surface area (Å²) in [5.41, 5.74) is 5.33. The van der Waals surface area contributed by atoms with Crippen LogP contribution in [0, 0.1) is 6.92 Å². The highest BCUT2D eigenvalue weighted by molar-refractivity contribution is 8.00. The Bertz CT molecular complexity index is 976. The molecule has 130 valence electrons. The van der Waals surface area contributed by atoms with E-state index in [1.54, 1.807) is 23.6 Å². The van der Waals surface area contributed by atoms with Gasteiger partial charge in [0.2, 0.25) is 0 Å². The van der Waals surface area contributed by atoms with Crippen LogP contribution in [-0.2, 0) is 7.05 Å². The number of rotatable bonds is 5. The summed E-state index contributed by atoms with van der Waals surface area (Å²) in [6.07, 6.45) is 4.16. The zero-order chi connectivity index (χ0) is 17.6. The van der Waals surface area contributed by atoms with Crippen LogP contribution in [0.2, 0.25) is 0 Å². The minimum atomic E-state index is 0.0204. The number of hydrogen-bond acceptors (Lipinski definition) is 5. The van der Waals surface area contributed by atoms with Crippen LogP contribution in [0.5, 0.6) is 0 Å². The van der Waals surface area contributed by atoms with E-state index >= 15 is 0 Å². The van der Waals surface area contributed by atoms with Gasteiger partial charge in [-0.05, 0) is 38.0 Å². The smallest absolute Gasteiger partial charge is 0.253 e. The molecule has 1 aromatic carbocycles. The normalized spacial score (nSPS) is 14.2. The van der Waals surface area contributed by atoms with E-state index < -0.39 is 0 Å². The first-order chi connectivity index (χ1) is 12.1. The third-order valence-corrected chi connectivity index (χ3v) is 5.11. The number of pyridine rings is 1. The average molecular weight is 355 g/mol. The van der Waals surface area contributed by atoms with Crippen molar-refractivity contribution in [3.63, 3.8) is 0 Å². The van der Waals surface area contributed by atoms with Crippen LogP contribution in [-0.4, -0.2) is 15.3 Å². The van der Waals surface area contributed by atoms with Crippen LogP contribution in [0.3, 0.4) is 0 Å². The minimum absolute atomic E-state index is 0.0204. The van der Waals surface area contributed by atoms with Crippen LogP contribution in [0.15, 0.2) is 33.6 Å². The van der Waals surface area contributed by atoms with Gasteiger partial charge in [0, 0.05) is 47.3 Å². The molecule has 0 unspecified atom stereocenters. The molecule has 0 spiro atoms. The zero-order valence-corrected chi connectivity index (χ0v) is 15.4. The lowest BCUT2D eigenvalue weighted by molar-refractivity contribution is 0.534. The lowest BCUT2D eigenvalue weighted by Crippen LogP contribution is -2.18. The monoisotopic (exact) mass is 355 g/mol. The van der Waals surface area contributed by atoms with Crippen molar-refractivity contribution in [2.75, 3.05) is 10.5 Å². The van der Waals surface area contributed by atoms with Gasteiger partial charge in [0.25, 0.3) is 5.56 Å². The standard InChI is InChI=1S/C19H21N3O2S/c1-4-25-21-14-8-15(13-7-11(2)19(23)22(3)10-13)17-16(9-14)20-18(24-17)12-5-6-12/h7-10,12,21H,4-6H2,1-3H3. The quantitative estimate of drug-likeness (QED) is 0.685. The van der Waals surface area contributed by atoms with Crippen LogP contribution >= 0.6 is 11.9 Å². The summed E-state index contributed by atoms with van der Waals surface area (Å²) in [7, 11) is 1.78.